The van der Waals surface area contributed by atoms with Gasteiger partial charge >= 0.3 is 6.03 Å². The summed E-state index contributed by atoms with van der Waals surface area (Å²) in [6, 6.07) is 13.7. The number of carbonyl (C=O) groups excluding carboxylic acids is 4. The van der Waals surface area contributed by atoms with Gasteiger partial charge in [-0.25, -0.2) is 4.79 Å². The van der Waals surface area contributed by atoms with E-state index >= 15 is 0 Å². The van der Waals surface area contributed by atoms with Crippen LogP contribution >= 0.6 is 0 Å². The van der Waals surface area contributed by atoms with Crippen molar-refractivity contribution in [3.8, 4) is 0 Å². The van der Waals surface area contributed by atoms with Crippen molar-refractivity contribution in [3.05, 3.63) is 59.7 Å². The number of rotatable bonds is 13. The van der Waals surface area contributed by atoms with E-state index in [0.29, 0.717) is 24.3 Å². The van der Waals surface area contributed by atoms with Crippen molar-refractivity contribution >= 4 is 34.9 Å². The molecule has 0 atom stereocenters. The van der Waals surface area contributed by atoms with Gasteiger partial charge in [0.05, 0.1) is 6.42 Å². The van der Waals surface area contributed by atoms with Crippen LogP contribution in [0.1, 0.15) is 37.3 Å². The summed E-state index contributed by atoms with van der Waals surface area (Å²) in [4.78, 5) is 47.5. The Hall–Kier alpha value is -3.52. The van der Waals surface area contributed by atoms with Gasteiger partial charge in [0, 0.05) is 30.8 Å². The highest BCUT2D eigenvalue weighted by atomic mass is 16.2. The lowest BCUT2D eigenvalue weighted by atomic mass is 10.1. The molecule has 0 fully saturated rings. The second-order valence-electron chi connectivity index (χ2n) is 7.90. The predicted octanol–water partition coefficient (Wildman–Crippen LogP) is 3.08. The molecule has 0 aliphatic carbocycles. The van der Waals surface area contributed by atoms with Crippen molar-refractivity contribution in [1.82, 2.24) is 10.6 Å². The Labute approximate surface area is 194 Å². The van der Waals surface area contributed by atoms with Gasteiger partial charge in [-0.1, -0.05) is 24.3 Å². The Morgan fingerprint density at radius 2 is 1.27 bits per heavy atom. The Morgan fingerprint density at radius 1 is 0.727 bits per heavy atom. The lowest BCUT2D eigenvalue weighted by Crippen LogP contribution is -2.29. The van der Waals surface area contributed by atoms with E-state index in [1.54, 1.807) is 48.5 Å². The first kappa shape index (κ1) is 25.7. The first-order valence-corrected chi connectivity index (χ1v) is 11.0. The van der Waals surface area contributed by atoms with Crippen molar-refractivity contribution in [2.45, 2.75) is 39.0 Å². The molecule has 0 aliphatic heterocycles. The van der Waals surface area contributed by atoms with Crippen LogP contribution in [0.15, 0.2) is 48.5 Å². The molecule has 3 amide bonds. The number of ketones is 2. The van der Waals surface area contributed by atoms with Crippen LogP contribution in [0, 0.1) is 0 Å². The number of benzene rings is 2. The predicted molar refractivity (Wildman–Crippen MR) is 129 cm³/mol. The van der Waals surface area contributed by atoms with Crippen LogP contribution in [0.4, 0.5) is 16.2 Å². The molecule has 2 aromatic carbocycles. The SMILES string of the molecule is CNCCCCNC(=O)Nc1ccc(CC(=O)CC(=O)Nc2ccc(CC(C)=O)cc2)cc1. The van der Waals surface area contributed by atoms with Gasteiger partial charge in [0.25, 0.3) is 0 Å². The minimum atomic E-state index is -0.385. The highest BCUT2D eigenvalue weighted by Gasteiger charge is 2.11. The molecule has 0 aromatic heterocycles. The summed E-state index contributed by atoms with van der Waals surface area (Å²) >= 11 is 0. The zero-order valence-corrected chi connectivity index (χ0v) is 19.2. The molecule has 4 N–H and O–H groups in total. The summed E-state index contributed by atoms with van der Waals surface area (Å²) in [7, 11) is 1.89. The Kier molecular flexibility index (Phi) is 10.8. The van der Waals surface area contributed by atoms with E-state index in [-0.39, 0.29) is 36.3 Å². The van der Waals surface area contributed by atoms with Crippen LogP contribution in [0.2, 0.25) is 0 Å². The zero-order valence-electron chi connectivity index (χ0n) is 19.2. The summed E-state index contributed by atoms with van der Waals surface area (Å²) in [5, 5.41) is 11.3. The molecule has 0 radical (unpaired) electrons. The third kappa shape index (κ3) is 10.6. The molecule has 0 heterocycles. The molecule has 0 unspecified atom stereocenters. The summed E-state index contributed by atoms with van der Waals surface area (Å²) in [6.45, 7) is 3.04. The number of Topliss-reactive ketones (excluding diaryl/α,β-unsaturated/α-hetero) is 2. The minimum Gasteiger partial charge on any atom is -0.338 e. The highest BCUT2D eigenvalue weighted by Crippen LogP contribution is 2.13. The second-order valence-corrected chi connectivity index (χ2v) is 7.90. The second kappa shape index (κ2) is 13.8. The Bertz CT molecular complexity index is 940. The molecular weight excluding hydrogens is 420 g/mol. The molecule has 2 rings (SSSR count). The van der Waals surface area contributed by atoms with Crippen molar-refractivity contribution < 1.29 is 19.2 Å². The smallest absolute Gasteiger partial charge is 0.319 e. The molecule has 8 nitrogen and oxygen atoms in total. The summed E-state index contributed by atoms with van der Waals surface area (Å²) in [5.41, 5.74) is 2.84. The van der Waals surface area contributed by atoms with E-state index in [2.05, 4.69) is 21.3 Å². The highest BCUT2D eigenvalue weighted by molar-refractivity contribution is 6.04. The Balaban J connectivity index is 1.73. The number of hydrogen-bond donors (Lipinski definition) is 4. The van der Waals surface area contributed by atoms with Crippen LogP contribution in [0.3, 0.4) is 0 Å². The van der Waals surface area contributed by atoms with Gasteiger partial charge in [0.15, 0.2) is 0 Å². The molecule has 0 bridgehead atoms. The van der Waals surface area contributed by atoms with Gasteiger partial charge in [0.1, 0.15) is 11.6 Å². The molecular formula is C25H32N4O4. The van der Waals surface area contributed by atoms with Crippen LogP contribution in [0.5, 0.6) is 0 Å². The quantitative estimate of drug-likeness (QED) is 0.275. The van der Waals surface area contributed by atoms with Gasteiger partial charge in [0.2, 0.25) is 5.91 Å². The molecule has 33 heavy (non-hydrogen) atoms. The van der Waals surface area contributed by atoms with Crippen LogP contribution in [0.25, 0.3) is 0 Å². The van der Waals surface area contributed by atoms with E-state index in [1.807, 2.05) is 7.05 Å². The van der Waals surface area contributed by atoms with Crippen molar-refractivity contribution in [1.29, 1.82) is 0 Å². The number of urea groups is 1. The maximum absolute atomic E-state index is 12.3. The van der Waals surface area contributed by atoms with Gasteiger partial charge < -0.3 is 21.3 Å². The average Bonchev–Trinajstić information content (AvgIpc) is 2.76. The number of nitrogens with one attached hydrogen (secondary N) is 4. The normalized spacial score (nSPS) is 10.4. The first-order valence-electron chi connectivity index (χ1n) is 11.0. The van der Waals surface area contributed by atoms with E-state index < -0.39 is 0 Å². The lowest BCUT2D eigenvalue weighted by Gasteiger charge is -2.09. The maximum Gasteiger partial charge on any atom is 0.319 e. The topological polar surface area (TPSA) is 116 Å². The largest absolute Gasteiger partial charge is 0.338 e. The lowest BCUT2D eigenvalue weighted by molar-refractivity contribution is -0.125. The maximum atomic E-state index is 12.3. The summed E-state index contributed by atoms with van der Waals surface area (Å²) in [5.74, 6) is -0.523. The molecule has 2 aromatic rings. The first-order chi connectivity index (χ1) is 15.9. The van der Waals surface area contributed by atoms with Crippen molar-refractivity contribution in [2.24, 2.45) is 0 Å². The number of amides is 3. The number of hydrogen-bond acceptors (Lipinski definition) is 5. The molecule has 0 saturated heterocycles. The fraction of sp³-hybridized carbons (Fsp3) is 0.360. The van der Waals surface area contributed by atoms with Crippen molar-refractivity contribution in [3.63, 3.8) is 0 Å². The van der Waals surface area contributed by atoms with Gasteiger partial charge in [-0.05, 0) is 68.8 Å². The van der Waals surface area contributed by atoms with Crippen molar-refractivity contribution in [2.75, 3.05) is 30.8 Å². The number of carbonyl (C=O) groups is 4. The van der Waals surface area contributed by atoms with E-state index in [4.69, 9.17) is 0 Å². The fourth-order valence-electron chi connectivity index (χ4n) is 3.18. The summed E-state index contributed by atoms with van der Waals surface area (Å²) < 4.78 is 0. The molecule has 8 heteroatoms. The fourth-order valence-corrected chi connectivity index (χ4v) is 3.18. The van der Waals surface area contributed by atoms with E-state index in [1.165, 1.54) is 6.92 Å². The third-order valence-corrected chi connectivity index (χ3v) is 4.80. The monoisotopic (exact) mass is 452 g/mol. The standard InChI is InChI=1S/C25H32N4O4/c1-18(30)15-19-5-9-21(10-6-19)28-24(32)17-23(31)16-20-7-11-22(12-8-20)29-25(33)27-14-4-3-13-26-2/h5-12,26H,3-4,13-17H2,1-2H3,(H,28,32)(H2,27,29,33). The molecule has 0 saturated carbocycles. The minimum absolute atomic E-state index is 0.0697. The van der Waals surface area contributed by atoms with Crippen LogP contribution in [-0.2, 0) is 27.2 Å². The Morgan fingerprint density at radius 3 is 1.85 bits per heavy atom. The molecule has 176 valence electrons. The third-order valence-electron chi connectivity index (χ3n) is 4.80. The van der Waals surface area contributed by atoms with Crippen LogP contribution < -0.4 is 21.3 Å². The van der Waals surface area contributed by atoms with E-state index in [9.17, 15) is 19.2 Å². The van der Waals surface area contributed by atoms with Gasteiger partial charge in [-0.3, -0.25) is 14.4 Å². The number of anilines is 2. The van der Waals surface area contributed by atoms with Gasteiger partial charge in [-0.15, -0.1) is 0 Å². The number of unbranched alkanes of at least 4 members (excludes halogenated alkanes) is 1. The van der Waals surface area contributed by atoms with E-state index in [0.717, 1.165) is 30.5 Å². The van der Waals surface area contributed by atoms with Crippen LogP contribution in [-0.4, -0.2) is 43.6 Å². The average molecular weight is 453 g/mol. The molecule has 0 aliphatic rings. The molecule has 0 spiro atoms. The summed E-state index contributed by atoms with van der Waals surface area (Å²) in [6.07, 6.45) is 2.13. The zero-order chi connectivity index (χ0) is 24.1. The van der Waals surface area contributed by atoms with Gasteiger partial charge in [-0.2, -0.15) is 0 Å².